The van der Waals surface area contributed by atoms with Crippen molar-refractivity contribution >= 4 is 11.8 Å². The number of likely N-dealkylation sites (tertiary alicyclic amines) is 1. The van der Waals surface area contributed by atoms with Crippen molar-refractivity contribution in [1.29, 1.82) is 0 Å². The van der Waals surface area contributed by atoms with Crippen molar-refractivity contribution in [3.63, 3.8) is 0 Å². The Morgan fingerprint density at radius 1 is 1.28 bits per heavy atom. The normalized spacial score (nSPS) is 26.2. The number of fused-ring (bicyclic) bond motifs is 2. The van der Waals surface area contributed by atoms with Crippen LogP contribution in [0.25, 0.3) is 0 Å². The molecule has 0 unspecified atom stereocenters. The Morgan fingerprint density at radius 3 is 2.96 bits per heavy atom. The first-order valence-corrected chi connectivity index (χ1v) is 10.2. The number of aromatic hydroxyl groups is 1. The maximum atomic E-state index is 10.2. The molecule has 0 saturated carbocycles. The third-order valence-corrected chi connectivity index (χ3v) is 7.06. The number of likely N-dealkylation sites (N-methyl/N-ethyl adjacent to an activating group) is 1. The van der Waals surface area contributed by atoms with Gasteiger partial charge in [-0.15, -0.1) is 0 Å². The predicted molar refractivity (Wildman–Crippen MR) is 102 cm³/mol. The van der Waals surface area contributed by atoms with Crippen LogP contribution < -0.4 is 0 Å². The molecule has 4 rings (SSSR count). The zero-order valence-electron chi connectivity index (χ0n) is 15.1. The minimum atomic E-state index is 0.492. The summed E-state index contributed by atoms with van der Waals surface area (Å²) in [6.45, 7) is 1.19. The average molecular weight is 358 g/mol. The summed E-state index contributed by atoms with van der Waals surface area (Å²) in [7, 11) is 4.34. The van der Waals surface area contributed by atoms with E-state index in [4.69, 9.17) is 0 Å². The van der Waals surface area contributed by atoms with E-state index >= 15 is 0 Å². The fraction of sp³-hybridized carbons (Fsp3) is 0.550. The smallest absolute Gasteiger partial charge is 0.167 e. The zero-order valence-corrected chi connectivity index (χ0v) is 15.9. The Kier molecular flexibility index (Phi) is 4.78. The van der Waals surface area contributed by atoms with Gasteiger partial charge < -0.3 is 14.6 Å². The number of phenols is 1. The Hall–Kier alpha value is -1.46. The van der Waals surface area contributed by atoms with Gasteiger partial charge in [-0.1, -0.05) is 23.9 Å². The highest BCUT2D eigenvalue weighted by Gasteiger charge is 2.38. The molecule has 4 nitrogen and oxygen atoms in total. The van der Waals surface area contributed by atoms with Crippen molar-refractivity contribution in [3.05, 3.63) is 41.7 Å². The number of thioether (sulfide) groups is 1. The minimum Gasteiger partial charge on any atom is -0.508 e. The summed E-state index contributed by atoms with van der Waals surface area (Å²) in [5, 5.41) is 11.3. The molecule has 134 valence electrons. The van der Waals surface area contributed by atoms with Crippen molar-refractivity contribution < 1.29 is 5.11 Å². The number of nitrogens with zero attached hydrogens (tertiary/aromatic N) is 3. The van der Waals surface area contributed by atoms with E-state index in [0.29, 0.717) is 17.7 Å². The second kappa shape index (κ2) is 7.04. The quantitative estimate of drug-likeness (QED) is 0.852. The number of aryl methyl sites for hydroxylation is 1. The molecule has 2 aliphatic rings. The van der Waals surface area contributed by atoms with Crippen LogP contribution >= 0.6 is 11.8 Å². The van der Waals surface area contributed by atoms with Crippen molar-refractivity contribution in [2.24, 2.45) is 18.9 Å². The van der Waals surface area contributed by atoms with Gasteiger partial charge in [-0.3, -0.25) is 0 Å². The van der Waals surface area contributed by atoms with Crippen LogP contribution in [0, 0.1) is 11.8 Å². The van der Waals surface area contributed by atoms with Gasteiger partial charge in [0.2, 0.25) is 0 Å². The second-order valence-electron chi connectivity index (χ2n) is 7.65. The van der Waals surface area contributed by atoms with Crippen LogP contribution in [0.5, 0.6) is 5.75 Å². The second-order valence-corrected chi connectivity index (χ2v) is 8.71. The molecule has 2 heterocycles. The van der Waals surface area contributed by atoms with Gasteiger partial charge >= 0.3 is 0 Å². The maximum absolute atomic E-state index is 10.2. The zero-order chi connectivity index (χ0) is 17.4. The highest BCUT2D eigenvalue weighted by atomic mass is 32.2. The topological polar surface area (TPSA) is 41.3 Å². The molecule has 25 heavy (non-hydrogen) atoms. The van der Waals surface area contributed by atoms with Crippen LogP contribution in [0.1, 0.15) is 24.0 Å². The molecule has 1 aliphatic heterocycles. The summed E-state index contributed by atoms with van der Waals surface area (Å²) in [6, 6.07) is 6.64. The van der Waals surface area contributed by atoms with Gasteiger partial charge in [0.05, 0.1) is 0 Å². The monoisotopic (exact) mass is 357 g/mol. The van der Waals surface area contributed by atoms with Crippen LogP contribution in [0.2, 0.25) is 0 Å². The summed E-state index contributed by atoms with van der Waals surface area (Å²) in [5.41, 5.74) is 2.54. The largest absolute Gasteiger partial charge is 0.508 e. The van der Waals surface area contributed by atoms with Crippen LogP contribution in [0.4, 0.5) is 0 Å². The lowest BCUT2D eigenvalue weighted by molar-refractivity contribution is 0.0701. The SMILES string of the molecule is CN1C[C@H](CCSc2nccn2C)C[C@@H]2Cc3c(O)cccc3C[C@H]21. The Labute approximate surface area is 154 Å². The molecule has 5 heteroatoms. The Morgan fingerprint density at radius 2 is 2.16 bits per heavy atom. The van der Waals surface area contributed by atoms with Gasteiger partial charge in [-0.2, -0.15) is 0 Å². The van der Waals surface area contributed by atoms with Crippen molar-refractivity contribution in [2.45, 2.75) is 36.9 Å². The highest BCUT2D eigenvalue weighted by molar-refractivity contribution is 7.99. The Bertz CT molecular complexity index is 744. The number of piperidine rings is 1. The predicted octanol–water partition coefficient (Wildman–Crippen LogP) is 3.34. The molecular formula is C20H27N3OS. The van der Waals surface area contributed by atoms with Crippen molar-refractivity contribution in [2.75, 3.05) is 19.3 Å². The minimum absolute atomic E-state index is 0.492. The van der Waals surface area contributed by atoms with Crippen LogP contribution in [0.15, 0.2) is 35.7 Å². The van der Waals surface area contributed by atoms with Gasteiger partial charge in [-0.05, 0) is 61.8 Å². The van der Waals surface area contributed by atoms with E-state index in [9.17, 15) is 5.11 Å². The summed E-state index contributed by atoms with van der Waals surface area (Å²) in [5.74, 6) is 3.03. The molecule has 1 aliphatic carbocycles. The molecular weight excluding hydrogens is 330 g/mol. The number of rotatable bonds is 4. The van der Waals surface area contributed by atoms with E-state index in [1.807, 2.05) is 36.3 Å². The number of imidazole rings is 1. The number of benzene rings is 1. The molecule has 0 amide bonds. The molecule has 1 fully saturated rings. The summed E-state index contributed by atoms with van der Waals surface area (Å²) >= 11 is 1.86. The number of hydrogen-bond donors (Lipinski definition) is 1. The van der Waals surface area contributed by atoms with Crippen LogP contribution in [-0.2, 0) is 19.9 Å². The van der Waals surface area contributed by atoms with E-state index in [1.54, 1.807) is 0 Å². The first-order chi connectivity index (χ1) is 12.1. The Balaban J connectivity index is 1.39. The molecule has 0 radical (unpaired) electrons. The molecule has 0 spiro atoms. The van der Waals surface area contributed by atoms with Crippen molar-refractivity contribution in [3.8, 4) is 5.75 Å². The summed E-state index contributed by atoms with van der Waals surface area (Å²) < 4.78 is 2.09. The van der Waals surface area contributed by atoms with Gasteiger partial charge in [-0.25, -0.2) is 4.98 Å². The molecule has 1 aromatic heterocycles. The van der Waals surface area contributed by atoms with Crippen LogP contribution in [-0.4, -0.2) is 44.9 Å². The van der Waals surface area contributed by atoms with E-state index in [2.05, 4.69) is 34.6 Å². The molecule has 1 saturated heterocycles. The van der Waals surface area contributed by atoms with Gasteiger partial charge in [0.25, 0.3) is 0 Å². The first kappa shape index (κ1) is 17.0. The third-order valence-electron chi connectivity index (χ3n) is 5.97. The van der Waals surface area contributed by atoms with Gasteiger partial charge in [0.1, 0.15) is 5.75 Å². The number of aromatic nitrogens is 2. The third kappa shape index (κ3) is 3.44. The molecule has 0 bridgehead atoms. The summed E-state index contributed by atoms with van der Waals surface area (Å²) in [4.78, 5) is 6.97. The van der Waals surface area contributed by atoms with Gasteiger partial charge in [0, 0.05) is 37.8 Å². The molecule has 2 aromatic rings. The number of hydrogen-bond acceptors (Lipinski definition) is 4. The van der Waals surface area contributed by atoms with E-state index in [-0.39, 0.29) is 0 Å². The fourth-order valence-corrected chi connectivity index (χ4v) is 5.69. The first-order valence-electron chi connectivity index (χ1n) is 9.22. The van der Waals surface area contributed by atoms with E-state index in [1.165, 1.54) is 30.5 Å². The summed E-state index contributed by atoms with van der Waals surface area (Å²) in [6.07, 6.45) is 8.50. The average Bonchev–Trinajstić information content (AvgIpc) is 3.00. The van der Waals surface area contributed by atoms with E-state index < -0.39 is 0 Å². The standard InChI is InChI=1S/C20H27N3OS/c1-22-8-7-21-20(22)25-9-6-14-10-16-11-17-15(4-3-5-19(17)24)12-18(16)23(2)13-14/h3-5,7-8,14,16,18,24H,6,9-13H2,1-2H3/t14-,16-,18-/m1/s1. The highest BCUT2D eigenvalue weighted by Crippen LogP contribution is 2.40. The lowest BCUT2D eigenvalue weighted by Gasteiger charge is -2.46. The lowest BCUT2D eigenvalue weighted by Crippen LogP contribution is -2.50. The maximum Gasteiger partial charge on any atom is 0.167 e. The lowest BCUT2D eigenvalue weighted by atomic mass is 9.72. The molecule has 3 atom stereocenters. The van der Waals surface area contributed by atoms with Crippen LogP contribution in [0.3, 0.4) is 0 Å². The molecule has 1 aromatic carbocycles. The molecule has 1 N–H and O–H groups in total. The van der Waals surface area contributed by atoms with Crippen molar-refractivity contribution in [1.82, 2.24) is 14.5 Å². The number of phenolic OH excluding ortho intramolecular Hbond substituents is 1. The fourth-order valence-electron chi connectivity index (χ4n) is 4.66. The van der Waals surface area contributed by atoms with Gasteiger partial charge in [0.15, 0.2) is 5.16 Å². The van der Waals surface area contributed by atoms with E-state index in [0.717, 1.165) is 29.7 Å².